The fourth-order valence-electron chi connectivity index (χ4n) is 0.538. The Morgan fingerprint density at radius 3 is 2.33 bits per heavy atom. The van der Waals surface area contributed by atoms with E-state index in [0.29, 0.717) is 0 Å². The highest BCUT2D eigenvalue weighted by atomic mass is 19.2. The van der Waals surface area contributed by atoms with Crippen molar-refractivity contribution in [1.82, 2.24) is 0 Å². The van der Waals surface area contributed by atoms with Gasteiger partial charge in [-0.15, -0.1) is 4.48 Å². The van der Waals surface area contributed by atoms with E-state index in [1.807, 2.05) is 0 Å². The maximum Gasteiger partial charge on any atom is 0.148 e. The summed E-state index contributed by atoms with van der Waals surface area (Å²) in [6.45, 7) is 0. The monoisotopic (exact) mass is 129 g/mol. The van der Waals surface area contributed by atoms with Gasteiger partial charge in [0.1, 0.15) is 11.5 Å². The van der Waals surface area contributed by atoms with Gasteiger partial charge < -0.3 is 0 Å². The third-order valence-electron chi connectivity index (χ3n) is 0.976. The second kappa shape index (κ2) is 2.44. The van der Waals surface area contributed by atoms with Crippen molar-refractivity contribution in [2.45, 2.75) is 0 Å². The van der Waals surface area contributed by atoms with Gasteiger partial charge in [0.05, 0.1) is 0 Å². The second-order valence-corrected chi connectivity index (χ2v) is 1.57. The van der Waals surface area contributed by atoms with Crippen molar-refractivity contribution in [3.63, 3.8) is 0 Å². The topological polar surface area (TPSA) is 12.0 Å². The first-order chi connectivity index (χ1) is 4.34. The molecule has 0 atom stereocenters. The first kappa shape index (κ1) is 6.01. The molecule has 0 spiro atoms. The van der Waals surface area contributed by atoms with Crippen LogP contribution in [0.4, 0.5) is 14.6 Å². The largest absolute Gasteiger partial charge is 0.222 e. The minimum absolute atomic E-state index is 0.127. The first-order valence-electron chi connectivity index (χ1n) is 2.46. The number of anilines is 1. The SMILES string of the molecule is FNc1ccccc1F. The molecule has 9 heavy (non-hydrogen) atoms. The number of para-hydroxylation sites is 1. The summed E-state index contributed by atoms with van der Waals surface area (Å²) in [6.07, 6.45) is 0. The van der Waals surface area contributed by atoms with Crippen molar-refractivity contribution in [3.8, 4) is 0 Å². The van der Waals surface area contributed by atoms with Crippen LogP contribution in [0.5, 0.6) is 0 Å². The highest BCUT2D eigenvalue weighted by molar-refractivity contribution is 5.41. The molecule has 0 saturated heterocycles. The van der Waals surface area contributed by atoms with Crippen LogP contribution in [0.1, 0.15) is 0 Å². The van der Waals surface area contributed by atoms with E-state index in [0.717, 1.165) is 0 Å². The Bertz CT molecular complexity index is 200. The van der Waals surface area contributed by atoms with Crippen LogP contribution in [0.2, 0.25) is 0 Å². The summed E-state index contributed by atoms with van der Waals surface area (Å²) in [5.41, 5.74) is 1.09. The molecule has 1 aromatic carbocycles. The molecule has 0 fully saturated rings. The lowest BCUT2D eigenvalue weighted by Crippen LogP contribution is -1.84. The summed E-state index contributed by atoms with van der Waals surface area (Å²) < 4.78 is 23.8. The summed E-state index contributed by atoms with van der Waals surface area (Å²) in [5, 5.41) is 0. The molecule has 1 aromatic rings. The molecule has 1 nitrogen and oxygen atoms in total. The van der Waals surface area contributed by atoms with Crippen molar-refractivity contribution < 1.29 is 8.87 Å². The molecule has 0 amide bonds. The fraction of sp³-hybridized carbons (Fsp3) is 0. The van der Waals surface area contributed by atoms with Crippen LogP contribution < -0.4 is 5.54 Å². The molecule has 1 N–H and O–H groups in total. The van der Waals surface area contributed by atoms with Crippen LogP contribution in [0.15, 0.2) is 24.3 Å². The van der Waals surface area contributed by atoms with Gasteiger partial charge in [0.2, 0.25) is 0 Å². The highest BCUT2D eigenvalue weighted by Crippen LogP contribution is 2.11. The summed E-state index contributed by atoms with van der Waals surface area (Å²) in [7, 11) is 0. The summed E-state index contributed by atoms with van der Waals surface area (Å²) in [6, 6.07) is 5.54. The first-order valence-corrected chi connectivity index (χ1v) is 2.46. The van der Waals surface area contributed by atoms with Crippen LogP contribution >= 0.6 is 0 Å². The van der Waals surface area contributed by atoms with Crippen molar-refractivity contribution in [3.05, 3.63) is 30.1 Å². The van der Waals surface area contributed by atoms with Crippen LogP contribution in [-0.4, -0.2) is 0 Å². The molecule has 0 aliphatic heterocycles. The number of hydrogen-bond acceptors (Lipinski definition) is 1. The van der Waals surface area contributed by atoms with Crippen LogP contribution in [0, 0.1) is 5.82 Å². The van der Waals surface area contributed by atoms with Gasteiger partial charge in [-0.25, -0.2) is 9.93 Å². The van der Waals surface area contributed by atoms with Crippen molar-refractivity contribution in [2.75, 3.05) is 5.54 Å². The number of halogens is 2. The molecular formula is C6H5F2N. The normalized spacial score (nSPS) is 9.11. The van der Waals surface area contributed by atoms with E-state index in [1.54, 1.807) is 6.07 Å². The van der Waals surface area contributed by atoms with Gasteiger partial charge in [-0.1, -0.05) is 12.1 Å². The van der Waals surface area contributed by atoms with Crippen LogP contribution in [-0.2, 0) is 0 Å². The molecule has 0 bridgehead atoms. The zero-order valence-corrected chi connectivity index (χ0v) is 4.57. The van der Waals surface area contributed by atoms with E-state index >= 15 is 0 Å². The molecule has 3 heteroatoms. The molecule has 0 unspecified atom stereocenters. The third kappa shape index (κ3) is 1.16. The van der Waals surface area contributed by atoms with Gasteiger partial charge in [0.25, 0.3) is 0 Å². The lowest BCUT2D eigenvalue weighted by molar-refractivity contribution is 0.581. The fourth-order valence-corrected chi connectivity index (χ4v) is 0.538. The number of benzene rings is 1. The second-order valence-electron chi connectivity index (χ2n) is 1.57. The van der Waals surface area contributed by atoms with Crippen molar-refractivity contribution in [2.24, 2.45) is 0 Å². The summed E-state index contributed by atoms with van der Waals surface area (Å²) >= 11 is 0. The molecule has 0 aliphatic carbocycles. The minimum Gasteiger partial charge on any atom is -0.222 e. The minimum atomic E-state index is -0.583. The predicted molar refractivity (Wildman–Crippen MR) is 31.1 cm³/mol. The van der Waals surface area contributed by atoms with Gasteiger partial charge in [0, 0.05) is 0 Å². The Morgan fingerprint density at radius 1 is 1.22 bits per heavy atom. The predicted octanol–water partition coefficient (Wildman–Crippen LogP) is 2.12. The molecule has 48 valence electrons. The number of rotatable bonds is 1. The van der Waals surface area contributed by atoms with Gasteiger partial charge in [-0.2, -0.15) is 0 Å². The average molecular weight is 129 g/mol. The molecule has 0 aromatic heterocycles. The molecular weight excluding hydrogens is 124 g/mol. The molecule has 0 radical (unpaired) electrons. The van der Waals surface area contributed by atoms with Crippen molar-refractivity contribution >= 4 is 5.69 Å². The quantitative estimate of drug-likeness (QED) is 0.572. The molecule has 1 rings (SSSR count). The van der Waals surface area contributed by atoms with Crippen molar-refractivity contribution in [1.29, 1.82) is 0 Å². The Hall–Kier alpha value is -1.12. The lowest BCUT2D eigenvalue weighted by Gasteiger charge is -1.94. The number of hydrogen-bond donors (Lipinski definition) is 1. The van der Waals surface area contributed by atoms with Gasteiger partial charge >= 0.3 is 0 Å². The Morgan fingerprint density at radius 2 is 1.89 bits per heavy atom. The van der Waals surface area contributed by atoms with Crippen LogP contribution in [0.25, 0.3) is 0 Å². The molecule has 0 saturated carbocycles. The maximum atomic E-state index is 12.3. The summed E-state index contributed by atoms with van der Waals surface area (Å²) in [5.74, 6) is -0.583. The molecule has 0 heterocycles. The van der Waals surface area contributed by atoms with E-state index < -0.39 is 5.82 Å². The third-order valence-corrected chi connectivity index (χ3v) is 0.976. The highest BCUT2D eigenvalue weighted by Gasteiger charge is 1.95. The van der Waals surface area contributed by atoms with E-state index in [1.165, 1.54) is 23.7 Å². The lowest BCUT2D eigenvalue weighted by atomic mass is 10.3. The van der Waals surface area contributed by atoms with E-state index in [9.17, 15) is 8.87 Å². The Balaban J connectivity index is 3.01. The smallest absolute Gasteiger partial charge is 0.148 e. The van der Waals surface area contributed by atoms with Gasteiger partial charge in [-0.05, 0) is 12.1 Å². The molecule has 0 aliphatic rings. The van der Waals surface area contributed by atoms with Crippen LogP contribution in [0.3, 0.4) is 0 Å². The summed E-state index contributed by atoms with van der Waals surface area (Å²) in [4.78, 5) is 0. The average Bonchev–Trinajstić information content (AvgIpc) is 1.89. The van der Waals surface area contributed by atoms with E-state index in [2.05, 4.69) is 0 Å². The van der Waals surface area contributed by atoms with Gasteiger partial charge in [-0.3, -0.25) is 0 Å². The standard InChI is InChI=1S/C6H5F2N/c7-5-3-1-2-4-6(5)9-8/h1-4,9H. The van der Waals surface area contributed by atoms with E-state index in [-0.39, 0.29) is 5.69 Å². The zero-order valence-electron chi connectivity index (χ0n) is 4.57. The van der Waals surface area contributed by atoms with Gasteiger partial charge in [0.15, 0.2) is 0 Å². The van der Waals surface area contributed by atoms with E-state index in [4.69, 9.17) is 0 Å². The maximum absolute atomic E-state index is 12.3. The number of nitrogens with one attached hydrogen (secondary N) is 1. The Kier molecular flexibility index (Phi) is 1.63. The zero-order chi connectivity index (χ0) is 6.69. The Labute approximate surface area is 51.2 Å².